The molecule has 26 heavy (non-hydrogen) atoms. The summed E-state index contributed by atoms with van der Waals surface area (Å²) in [6.07, 6.45) is 2.34. The van der Waals surface area contributed by atoms with Crippen LogP contribution in [-0.4, -0.2) is 25.7 Å². The Hall–Kier alpha value is -1.84. The van der Waals surface area contributed by atoms with Crippen LogP contribution in [0.1, 0.15) is 43.1 Å². The van der Waals surface area contributed by atoms with Crippen molar-refractivity contribution >= 4 is 33.6 Å². The summed E-state index contributed by atoms with van der Waals surface area (Å²) in [4.78, 5) is 19.8. The maximum atomic E-state index is 13.4. The molecule has 4 rings (SSSR count). The first-order valence-corrected chi connectivity index (χ1v) is 9.58. The number of aromatic amines is 1. The quantitative estimate of drug-likeness (QED) is 0.588. The Balaban J connectivity index is 1.70. The summed E-state index contributed by atoms with van der Waals surface area (Å²) in [5.74, 6) is -2.05. The van der Waals surface area contributed by atoms with E-state index >= 15 is 0 Å². The van der Waals surface area contributed by atoms with Crippen LogP contribution in [0.3, 0.4) is 0 Å². The molecule has 2 heterocycles. The molecule has 0 saturated heterocycles. The summed E-state index contributed by atoms with van der Waals surface area (Å²) >= 11 is 2.25. The molecule has 1 saturated carbocycles. The zero-order valence-corrected chi connectivity index (χ0v) is 16.0. The molecular formula is C18H17F2IN4O. The van der Waals surface area contributed by atoms with Crippen molar-refractivity contribution in [2.45, 2.75) is 44.1 Å². The van der Waals surface area contributed by atoms with Crippen LogP contribution in [0, 0.1) is 3.57 Å². The van der Waals surface area contributed by atoms with E-state index in [-0.39, 0.29) is 24.4 Å². The van der Waals surface area contributed by atoms with Crippen molar-refractivity contribution in [2.24, 2.45) is 0 Å². The van der Waals surface area contributed by atoms with Gasteiger partial charge in [-0.15, -0.1) is 0 Å². The Morgan fingerprint density at radius 1 is 1.27 bits per heavy atom. The third kappa shape index (κ3) is 3.38. The molecule has 1 N–H and O–H groups in total. The second kappa shape index (κ2) is 6.71. The van der Waals surface area contributed by atoms with E-state index in [0.29, 0.717) is 36.1 Å². The van der Waals surface area contributed by atoms with Crippen molar-refractivity contribution < 1.29 is 8.78 Å². The topological polar surface area (TPSA) is 63.6 Å². The second-order valence-corrected chi connectivity index (χ2v) is 7.86. The number of hydrogen-bond donors (Lipinski definition) is 1. The van der Waals surface area contributed by atoms with Gasteiger partial charge in [0, 0.05) is 22.8 Å². The average molecular weight is 470 g/mol. The van der Waals surface area contributed by atoms with Gasteiger partial charge in [0.15, 0.2) is 5.65 Å². The minimum absolute atomic E-state index is 0.147. The lowest BCUT2D eigenvalue weighted by molar-refractivity contribution is -0.0446. The van der Waals surface area contributed by atoms with Crippen LogP contribution in [0.2, 0.25) is 0 Å². The fourth-order valence-corrected chi connectivity index (χ4v) is 4.00. The highest BCUT2D eigenvalue weighted by atomic mass is 127. The predicted molar refractivity (Wildman–Crippen MR) is 103 cm³/mol. The summed E-state index contributed by atoms with van der Waals surface area (Å²) in [6.45, 7) is 0. The largest absolute Gasteiger partial charge is 0.310 e. The van der Waals surface area contributed by atoms with E-state index in [9.17, 15) is 13.6 Å². The Kier molecular flexibility index (Phi) is 4.54. The maximum Gasteiger partial charge on any atom is 0.262 e. The van der Waals surface area contributed by atoms with Gasteiger partial charge in [-0.2, -0.15) is 5.10 Å². The van der Waals surface area contributed by atoms with Crippen molar-refractivity contribution in [1.82, 2.24) is 19.7 Å². The minimum Gasteiger partial charge on any atom is -0.310 e. The van der Waals surface area contributed by atoms with Gasteiger partial charge in [0.1, 0.15) is 11.2 Å². The third-order valence-electron chi connectivity index (χ3n) is 4.86. The number of benzene rings is 1. The molecular weight excluding hydrogens is 453 g/mol. The third-order valence-corrected chi connectivity index (χ3v) is 5.91. The summed E-state index contributed by atoms with van der Waals surface area (Å²) in [6, 6.07) is 7.75. The monoisotopic (exact) mass is 470 g/mol. The average Bonchev–Trinajstić information content (AvgIpc) is 3.01. The van der Waals surface area contributed by atoms with E-state index in [0.717, 1.165) is 9.13 Å². The molecule has 1 aromatic carbocycles. The van der Waals surface area contributed by atoms with Crippen LogP contribution < -0.4 is 5.56 Å². The Morgan fingerprint density at radius 3 is 2.73 bits per heavy atom. The Labute approximate surface area is 162 Å². The maximum absolute atomic E-state index is 13.4. The fourth-order valence-electron chi connectivity index (χ4n) is 3.42. The summed E-state index contributed by atoms with van der Waals surface area (Å²) in [7, 11) is 0. The zero-order valence-electron chi connectivity index (χ0n) is 13.9. The number of nitrogens with one attached hydrogen (secondary N) is 1. The van der Waals surface area contributed by atoms with E-state index in [1.165, 1.54) is 6.20 Å². The highest BCUT2D eigenvalue weighted by Gasteiger charge is 2.36. The van der Waals surface area contributed by atoms with Gasteiger partial charge in [0.2, 0.25) is 5.92 Å². The van der Waals surface area contributed by atoms with Crippen LogP contribution in [0.5, 0.6) is 0 Å². The molecule has 0 bridgehead atoms. The number of aromatic nitrogens is 4. The van der Waals surface area contributed by atoms with Crippen LogP contribution >= 0.6 is 22.6 Å². The molecule has 0 radical (unpaired) electrons. The van der Waals surface area contributed by atoms with Crippen molar-refractivity contribution in [3.05, 3.63) is 55.8 Å². The number of halogens is 3. The predicted octanol–water partition coefficient (Wildman–Crippen LogP) is 4.07. The van der Waals surface area contributed by atoms with Gasteiger partial charge < -0.3 is 4.98 Å². The molecule has 1 aliphatic rings. The first kappa shape index (κ1) is 17.6. The standard InChI is InChI=1S/C18H17F2IN4O/c19-18(20)7-5-12(6-8-18)25-16-13(10-22-25)17(26)24-15(23-16)9-11-3-1-2-4-14(11)21/h1-4,10,12H,5-9H2,(H,23,24,26). The number of nitrogens with zero attached hydrogens (tertiary/aromatic N) is 3. The SMILES string of the molecule is O=c1[nH]c(Cc2ccccc2I)nc2c1cnn2C1CCC(F)(F)CC1. The van der Waals surface area contributed by atoms with Gasteiger partial charge in [-0.1, -0.05) is 18.2 Å². The van der Waals surface area contributed by atoms with E-state index in [4.69, 9.17) is 0 Å². The molecule has 2 aromatic heterocycles. The molecule has 0 spiro atoms. The Morgan fingerprint density at radius 2 is 2.00 bits per heavy atom. The second-order valence-electron chi connectivity index (χ2n) is 6.69. The number of H-pyrrole nitrogens is 1. The summed E-state index contributed by atoms with van der Waals surface area (Å²) in [5, 5.41) is 4.68. The van der Waals surface area contributed by atoms with Crippen LogP contribution in [0.15, 0.2) is 35.3 Å². The van der Waals surface area contributed by atoms with Gasteiger partial charge in [-0.25, -0.2) is 18.4 Å². The molecule has 3 aromatic rings. The zero-order chi connectivity index (χ0) is 18.3. The number of hydrogen-bond acceptors (Lipinski definition) is 3. The van der Waals surface area contributed by atoms with Crippen molar-refractivity contribution in [3.63, 3.8) is 0 Å². The van der Waals surface area contributed by atoms with E-state index in [1.54, 1.807) is 4.68 Å². The highest BCUT2D eigenvalue weighted by molar-refractivity contribution is 14.1. The van der Waals surface area contributed by atoms with Gasteiger partial charge in [-0.05, 0) is 47.1 Å². The highest BCUT2D eigenvalue weighted by Crippen LogP contribution is 2.38. The lowest BCUT2D eigenvalue weighted by Gasteiger charge is -2.28. The number of rotatable bonds is 3. The molecule has 0 amide bonds. The molecule has 1 fully saturated rings. The lowest BCUT2D eigenvalue weighted by atomic mass is 9.92. The molecule has 0 aliphatic heterocycles. The van der Waals surface area contributed by atoms with Crippen LogP contribution in [0.25, 0.3) is 11.0 Å². The molecule has 136 valence electrons. The molecule has 0 unspecified atom stereocenters. The van der Waals surface area contributed by atoms with E-state index in [2.05, 4.69) is 37.7 Å². The van der Waals surface area contributed by atoms with E-state index < -0.39 is 5.92 Å². The summed E-state index contributed by atoms with van der Waals surface area (Å²) < 4.78 is 29.6. The van der Waals surface area contributed by atoms with E-state index in [1.807, 2.05) is 24.3 Å². The minimum atomic E-state index is -2.60. The van der Waals surface area contributed by atoms with Crippen LogP contribution in [0.4, 0.5) is 8.78 Å². The number of alkyl halides is 2. The molecule has 5 nitrogen and oxygen atoms in total. The van der Waals surface area contributed by atoms with Crippen LogP contribution in [-0.2, 0) is 6.42 Å². The number of fused-ring (bicyclic) bond motifs is 1. The molecule has 8 heteroatoms. The smallest absolute Gasteiger partial charge is 0.262 e. The van der Waals surface area contributed by atoms with Gasteiger partial charge in [-0.3, -0.25) is 4.79 Å². The van der Waals surface area contributed by atoms with Gasteiger partial charge in [0.05, 0.1) is 12.2 Å². The lowest BCUT2D eigenvalue weighted by Crippen LogP contribution is -2.27. The van der Waals surface area contributed by atoms with Gasteiger partial charge in [0.25, 0.3) is 5.56 Å². The molecule has 0 atom stereocenters. The van der Waals surface area contributed by atoms with Crippen molar-refractivity contribution in [1.29, 1.82) is 0 Å². The normalized spacial score (nSPS) is 17.7. The first-order valence-electron chi connectivity index (χ1n) is 8.51. The summed E-state index contributed by atoms with van der Waals surface area (Å²) in [5.41, 5.74) is 1.30. The Bertz CT molecular complexity index is 1000. The van der Waals surface area contributed by atoms with Crippen molar-refractivity contribution in [2.75, 3.05) is 0 Å². The fraction of sp³-hybridized carbons (Fsp3) is 0.389. The molecule has 1 aliphatic carbocycles. The van der Waals surface area contributed by atoms with Gasteiger partial charge >= 0.3 is 0 Å². The first-order chi connectivity index (χ1) is 12.4. The van der Waals surface area contributed by atoms with Crippen molar-refractivity contribution in [3.8, 4) is 0 Å².